The smallest absolute Gasteiger partial charge is 0.160 e. The monoisotopic (exact) mass is 540 g/mol. The predicted molar refractivity (Wildman–Crippen MR) is 153 cm³/mol. The lowest BCUT2D eigenvalue weighted by atomic mass is 10.0. The van der Waals surface area contributed by atoms with Crippen LogP contribution in [0.1, 0.15) is 0 Å². The van der Waals surface area contributed by atoms with Crippen molar-refractivity contribution in [2.24, 2.45) is 0 Å². The molecule has 3 aromatic heterocycles. The van der Waals surface area contributed by atoms with Crippen LogP contribution in [0.15, 0.2) is 132 Å². The zero-order valence-electron chi connectivity index (χ0n) is 19.8. The van der Waals surface area contributed by atoms with Crippen molar-refractivity contribution in [3.63, 3.8) is 0 Å². The Balaban J connectivity index is 1.47. The molecule has 3 heterocycles. The van der Waals surface area contributed by atoms with Gasteiger partial charge in [-0.2, -0.15) is 0 Å². The molecule has 3 aromatic carbocycles. The summed E-state index contributed by atoms with van der Waals surface area (Å²) in [6.07, 6.45) is 7.27. The Kier molecular flexibility index (Phi) is 6.36. The van der Waals surface area contributed by atoms with Crippen LogP contribution in [0.3, 0.4) is 0 Å². The highest BCUT2D eigenvalue weighted by molar-refractivity contribution is 9.10. The van der Waals surface area contributed by atoms with E-state index in [1.54, 1.807) is 18.6 Å². The van der Waals surface area contributed by atoms with Gasteiger partial charge in [0.05, 0.1) is 11.4 Å². The Bertz CT molecular complexity index is 1650. The summed E-state index contributed by atoms with van der Waals surface area (Å²) in [7, 11) is 0. The Morgan fingerprint density at radius 2 is 1.08 bits per heavy atom. The van der Waals surface area contributed by atoms with Gasteiger partial charge >= 0.3 is 0 Å². The van der Waals surface area contributed by atoms with Crippen molar-refractivity contribution in [3.8, 4) is 56.2 Å². The molecule has 0 atom stereocenters. The second-order valence-electron chi connectivity index (χ2n) is 8.61. The van der Waals surface area contributed by atoms with E-state index in [-0.39, 0.29) is 0 Å². The van der Waals surface area contributed by atoms with E-state index in [0.717, 1.165) is 54.8 Å². The molecule has 0 amide bonds. The third kappa shape index (κ3) is 5.08. The van der Waals surface area contributed by atoms with Crippen molar-refractivity contribution in [2.75, 3.05) is 0 Å². The SMILES string of the molecule is Brc1cc(-c2ccncc2)cc(-c2cc(-c3ccc(-c4cccnc4)cc3)nc(-c3ccccc3)n2)c1. The highest BCUT2D eigenvalue weighted by Crippen LogP contribution is 2.33. The largest absolute Gasteiger partial charge is 0.265 e. The standard InChI is InChI=1S/C32H21BrN4/c33-29-18-27(23-12-15-34-16-13-23)17-28(19-29)31-20-30(36-32(37-31)25-5-2-1-3-6-25)24-10-8-22(9-11-24)26-7-4-14-35-21-26/h1-21H. The summed E-state index contributed by atoms with van der Waals surface area (Å²) in [6, 6.07) is 35.0. The zero-order chi connectivity index (χ0) is 25.0. The lowest BCUT2D eigenvalue weighted by molar-refractivity contribution is 1.18. The topological polar surface area (TPSA) is 51.6 Å². The number of hydrogen-bond donors (Lipinski definition) is 0. The van der Waals surface area contributed by atoms with Crippen LogP contribution < -0.4 is 0 Å². The van der Waals surface area contributed by atoms with Crippen molar-refractivity contribution in [1.82, 2.24) is 19.9 Å². The number of aromatic nitrogens is 4. The molecule has 0 fully saturated rings. The lowest BCUT2D eigenvalue weighted by Gasteiger charge is -2.12. The quantitative estimate of drug-likeness (QED) is 0.220. The molecule has 6 aromatic rings. The van der Waals surface area contributed by atoms with Gasteiger partial charge in [-0.3, -0.25) is 9.97 Å². The summed E-state index contributed by atoms with van der Waals surface area (Å²) in [4.78, 5) is 18.3. The normalized spacial score (nSPS) is 10.8. The molecule has 0 N–H and O–H groups in total. The Hall–Kier alpha value is -4.48. The summed E-state index contributed by atoms with van der Waals surface area (Å²) in [6.45, 7) is 0. The summed E-state index contributed by atoms with van der Waals surface area (Å²) >= 11 is 3.70. The fourth-order valence-corrected chi connectivity index (χ4v) is 4.77. The first-order chi connectivity index (χ1) is 18.2. The van der Waals surface area contributed by atoms with E-state index in [9.17, 15) is 0 Å². The number of hydrogen-bond acceptors (Lipinski definition) is 4. The summed E-state index contributed by atoms with van der Waals surface area (Å²) in [5.41, 5.74) is 9.12. The lowest BCUT2D eigenvalue weighted by Crippen LogP contribution is -1.96. The summed E-state index contributed by atoms with van der Waals surface area (Å²) in [5, 5.41) is 0. The second kappa shape index (κ2) is 10.2. The minimum absolute atomic E-state index is 0.690. The fraction of sp³-hybridized carbons (Fsp3) is 0. The number of halogens is 1. The van der Waals surface area contributed by atoms with Crippen LogP contribution in [-0.4, -0.2) is 19.9 Å². The van der Waals surface area contributed by atoms with Gasteiger partial charge in [0.1, 0.15) is 0 Å². The van der Waals surface area contributed by atoms with Crippen molar-refractivity contribution in [2.45, 2.75) is 0 Å². The van der Waals surface area contributed by atoms with Crippen LogP contribution in [-0.2, 0) is 0 Å². The minimum Gasteiger partial charge on any atom is -0.265 e. The van der Waals surface area contributed by atoms with Crippen LogP contribution in [0.5, 0.6) is 0 Å². The molecular formula is C32H21BrN4. The van der Waals surface area contributed by atoms with Gasteiger partial charge in [0.15, 0.2) is 5.82 Å². The van der Waals surface area contributed by atoms with Gasteiger partial charge in [-0.1, -0.05) is 76.6 Å². The van der Waals surface area contributed by atoms with Crippen LogP contribution in [0.4, 0.5) is 0 Å². The Morgan fingerprint density at radius 3 is 1.81 bits per heavy atom. The van der Waals surface area contributed by atoms with Crippen LogP contribution in [0.2, 0.25) is 0 Å². The molecular weight excluding hydrogens is 520 g/mol. The van der Waals surface area contributed by atoms with Crippen LogP contribution in [0, 0.1) is 0 Å². The van der Waals surface area contributed by atoms with E-state index in [1.807, 2.05) is 54.7 Å². The zero-order valence-corrected chi connectivity index (χ0v) is 21.4. The molecule has 37 heavy (non-hydrogen) atoms. The molecule has 0 saturated heterocycles. The molecule has 176 valence electrons. The average Bonchev–Trinajstić information content (AvgIpc) is 2.98. The van der Waals surface area contributed by atoms with Crippen molar-refractivity contribution in [1.29, 1.82) is 0 Å². The molecule has 0 unspecified atom stereocenters. The highest BCUT2D eigenvalue weighted by atomic mass is 79.9. The predicted octanol–water partition coefficient (Wildman–Crippen LogP) is 8.36. The van der Waals surface area contributed by atoms with Crippen LogP contribution >= 0.6 is 15.9 Å². The number of nitrogens with zero attached hydrogens (tertiary/aromatic N) is 4. The maximum Gasteiger partial charge on any atom is 0.160 e. The van der Waals surface area contributed by atoms with Crippen molar-refractivity contribution < 1.29 is 0 Å². The molecule has 4 nitrogen and oxygen atoms in total. The van der Waals surface area contributed by atoms with Gasteiger partial charge in [0.25, 0.3) is 0 Å². The van der Waals surface area contributed by atoms with Crippen molar-refractivity contribution in [3.05, 3.63) is 132 Å². The first kappa shape index (κ1) is 23.0. The highest BCUT2D eigenvalue weighted by Gasteiger charge is 2.12. The number of rotatable bonds is 5. The first-order valence-corrected chi connectivity index (χ1v) is 12.7. The molecule has 0 spiro atoms. The van der Waals surface area contributed by atoms with E-state index < -0.39 is 0 Å². The molecule has 0 aliphatic carbocycles. The van der Waals surface area contributed by atoms with Crippen molar-refractivity contribution >= 4 is 15.9 Å². The van der Waals surface area contributed by atoms with E-state index in [1.165, 1.54) is 0 Å². The van der Waals surface area contributed by atoms with E-state index in [0.29, 0.717) is 5.82 Å². The number of pyridine rings is 2. The molecule has 0 bridgehead atoms. The molecule has 0 aliphatic rings. The fourth-order valence-electron chi connectivity index (χ4n) is 4.27. The number of benzene rings is 3. The van der Waals surface area contributed by atoms with Gasteiger partial charge in [-0.05, 0) is 64.7 Å². The molecule has 6 rings (SSSR count). The third-order valence-electron chi connectivity index (χ3n) is 6.14. The van der Waals surface area contributed by atoms with Gasteiger partial charge in [0.2, 0.25) is 0 Å². The van der Waals surface area contributed by atoms with Gasteiger partial charge in [0, 0.05) is 46.0 Å². The Morgan fingerprint density at radius 1 is 0.432 bits per heavy atom. The average molecular weight is 541 g/mol. The van der Waals surface area contributed by atoms with Gasteiger partial charge in [-0.15, -0.1) is 0 Å². The maximum absolute atomic E-state index is 4.99. The molecule has 0 saturated carbocycles. The minimum atomic E-state index is 0.690. The first-order valence-electron chi connectivity index (χ1n) is 11.9. The van der Waals surface area contributed by atoms with Gasteiger partial charge < -0.3 is 0 Å². The van der Waals surface area contributed by atoms with Gasteiger partial charge in [-0.25, -0.2) is 9.97 Å². The second-order valence-corrected chi connectivity index (χ2v) is 9.53. The summed E-state index contributed by atoms with van der Waals surface area (Å²) < 4.78 is 0.985. The summed E-state index contributed by atoms with van der Waals surface area (Å²) in [5.74, 6) is 0.690. The maximum atomic E-state index is 4.99. The van der Waals surface area contributed by atoms with E-state index in [4.69, 9.17) is 9.97 Å². The van der Waals surface area contributed by atoms with E-state index in [2.05, 4.69) is 80.5 Å². The van der Waals surface area contributed by atoms with Crippen LogP contribution in [0.25, 0.3) is 56.2 Å². The Labute approximate surface area is 223 Å². The molecule has 0 radical (unpaired) electrons. The molecule has 0 aliphatic heterocycles. The third-order valence-corrected chi connectivity index (χ3v) is 6.60. The molecule has 5 heteroatoms. The van der Waals surface area contributed by atoms with E-state index >= 15 is 0 Å².